The van der Waals surface area contributed by atoms with Gasteiger partial charge in [-0.15, -0.1) is 0 Å². The Morgan fingerprint density at radius 2 is 1.74 bits per heavy atom. The summed E-state index contributed by atoms with van der Waals surface area (Å²) in [4.78, 5) is 12.2. The van der Waals surface area contributed by atoms with Gasteiger partial charge in [0.15, 0.2) is 5.82 Å². The quantitative estimate of drug-likeness (QED) is 0.863. The van der Waals surface area contributed by atoms with Gasteiger partial charge in [-0.05, 0) is 30.3 Å². The van der Waals surface area contributed by atoms with Crippen molar-refractivity contribution in [3.05, 3.63) is 59.0 Å². The zero-order chi connectivity index (χ0) is 13.5. The molecule has 4 nitrogen and oxygen atoms in total. The van der Waals surface area contributed by atoms with Gasteiger partial charge in [-0.3, -0.25) is 0 Å². The van der Waals surface area contributed by atoms with Crippen LogP contribution in [0.2, 0.25) is 10.0 Å². The molecule has 2 heterocycles. The molecule has 0 unspecified atom stereocenters. The molecule has 2 aromatic rings. The molecule has 1 N–H and O–H groups in total. The molecule has 2 aromatic heterocycles. The third kappa shape index (κ3) is 4.69. The van der Waals surface area contributed by atoms with E-state index in [0.717, 1.165) is 0 Å². The van der Waals surface area contributed by atoms with E-state index in [2.05, 4.69) is 20.3 Å². The van der Waals surface area contributed by atoms with Crippen LogP contribution in [-0.4, -0.2) is 16.2 Å². The highest BCUT2D eigenvalue weighted by Crippen LogP contribution is 2.11. The van der Waals surface area contributed by atoms with Crippen LogP contribution < -0.4 is 5.32 Å². The van der Waals surface area contributed by atoms with Crippen LogP contribution in [0.5, 0.6) is 0 Å². The van der Waals surface area contributed by atoms with E-state index in [1.807, 2.05) is 0 Å². The number of nitrogens with one attached hydrogen (secondary N) is 1. The van der Waals surface area contributed by atoms with Gasteiger partial charge in [-0.1, -0.05) is 23.2 Å². The van der Waals surface area contributed by atoms with Crippen molar-refractivity contribution < 1.29 is 0 Å². The number of aliphatic imine (C=N–C) groups is 1. The summed E-state index contributed by atoms with van der Waals surface area (Å²) < 4.78 is 0. The van der Waals surface area contributed by atoms with E-state index in [1.54, 1.807) is 55.1 Å². The minimum absolute atomic E-state index is 0.588. The predicted molar refractivity (Wildman–Crippen MR) is 79.4 cm³/mol. The van der Waals surface area contributed by atoms with Gasteiger partial charge in [-0.25, -0.2) is 15.0 Å². The molecular weight excluding hydrogens is 283 g/mol. The van der Waals surface area contributed by atoms with Crippen molar-refractivity contribution in [2.45, 2.75) is 0 Å². The molecule has 0 radical (unpaired) electrons. The van der Waals surface area contributed by atoms with E-state index < -0.39 is 0 Å². The van der Waals surface area contributed by atoms with Gasteiger partial charge in [0.2, 0.25) is 0 Å². The van der Waals surface area contributed by atoms with E-state index in [4.69, 9.17) is 23.2 Å². The number of nitrogens with zero attached hydrogens (tertiary/aromatic N) is 3. The first-order chi connectivity index (χ1) is 9.24. The van der Waals surface area contributed by atoms with Crippen LogP contribution in [0.25, 0.3) is 0 Å². The van der Waals surface area contributed by atoms with Crippen LogP contribution in [0.1, 0.15) is 0 Å². The maximum absolute atomic E-state index is 5.73. The second-order valence-corrected chi connectivity index (χ2v) is 4.35. The van der Waals surface area contributed by atoms with E-state index in [1.165, 1.54) is 0 Å². The number of hydrogen-bond acceptors (Lipinski definition) is 4. The molecule has 0 spiro atoms. The lowest BCUT2D eigenvalue weighted by Crippen LogP contribution is -1.89. The van der Waals surface area contributed by atoms with Gasteiger partial charge in [0.1, 0.15) is 5.82 Å². The lowest BCUT2D eigenvalue weighted by molar-refractivity contribution is 1.28. The second kappa shape index (κ2) is 6.87. The summed E-state index contributed by atoms with van der Waals surface area (Å²) >= 11 is 11.4. The molecule has 6 heteroatoms. The molecule has 0 saturated carbocycles. The Balaban J connectivity index is 1.86. The molecule has 0 bridgehead atoms. The molecule has 0 fully saturated rings. The molecule has 0 aliphatic rings. The number of halogens is 2. The van der Waals surface area contributed by atoms with Gasteiger partial charge >= 0.3 is 0 Å². The summed E-state index contributed by atoms with van der Waals surface area (Å²) in [5.41, 5.74) is 0. The van der Waals surface area contributed by atoms with Crippen molar-refractivity contribution in [3.8, 4) is 0 Å². The number of pyridine rings is 2. The van der Waals surface area contributed by atoms with Crippen LogP contribution in [0.15, 0.2) is 53.9 Å². The van der Waals surface area contributed by atoms with Crippen LogP contribution in [0, 0.1) is 0 Å². The fourth-order valence-corrected chi connectivity index (χ4v) is 1.43. The van der Waals surface area contributed by atoms with Crippen LogP contribution in [0.4, 0.5) is 11.6 Å². The molecule has 0 aliphatic heterocycles. The summed E-state index contributed by atoms with van der Waals surface area (Å²) in [6.45, 7) is 0. The summed E-state index contributed by atoms with van der Waals surface area (Å²) in [5.74, 6) is 1.30. The van der Waals surface area contributed by atoms with Crippen LogP contribution >= 0.6 is 23.2 Å². The van der Waals surface area contributed by atoms with Crippen LogP contribution in [0.3, 0.4) is 0 Å². The van der Waals surface area contributed by atoms with Gasteiger partial charge in [0.05, 0.1) is 10.0 Å². The molecule has 96 valence electrons. The maximum atomic E-state index is 5.73. The lowest BCUT2D eigenvalue weighted by Gasteiger charge is -1.97. The molecule has 2 rings (SSSR count). The van der Waals surface area contributed by atoms with Gasteiger partial charge in [0.25, 0.3) is 0 Å². The fraction of sp³-hybridized carbons (Fsp3) is 0. The van der Waals surface area contributed by atoms with Gasteiger partial charge in [0, 0.05) is 24.8 Å². The first kappa shape index (κ1) is 13.5. The second-order valence-electron chi connectivity index (χ2n) is 3.48. The van der Waals surface area contributed by atoms with E-state index in [0.29, 0.717) is 21.7 Å². The summed E-state index contributed by atoms with van der Waals surface area (Å²) in [6, 6.07) is 7.02. The highest BCUT2D eigenvalue weighted by atomic mass is 35.5. The molecule has 19 heavy (non-hydrogen) atoms. The number of anilines is 1. The Bertz CT molecular complexity index is 577. The molecule has 0 atom stereocenters. The van der Waals surface area contributed by atoms with Crippen molar-refractivity contribution >= 4 is 41.1 Å². The third-order valence-electron chi connectivity index (χ3n) is 2.06. The Labute approximate surface area is 120 Å². The summed E-state index contributed by atoms with van der Waals surface area (Å²) in [7, 11) is 0. The summed E-state index contributed by atoms with van der Waals surface area (Å²) in [5, 5.41) is 4.17. The molecule has 0 aliphatic carbocycles. The average Bonchev–Trinajstić information content (AvgIpc) is 2.43. The minimum Gasteiger partial charge on any atom is -0.347 e. The maximum Gasteiger partial charge on any atom is 0.151 e. The Hall–Kier alpha value is -1.91. The SMILES string of the molecule is Clc1ccc(N=CC=CNc2ccc(Cl)cn2)nc1. The number of rotatable bonds is 4. The van der Waals surface area contributed by atoms with E-state index in [9.17, 15) is 0 Å². The predicted octanol–water partition coefficient (Wildman–Crippen LogP) is 4.11. The van der Waals surface area contributed by atoms with Crippen molar-refractivity contribution in [1.82, 2.24) is 9.97 Å². The third-order valence-corrected chi connectivity index (χ3v) is 2.51. The van der Waals surface area contributed by atoms with Crippen LogP contribution in [-0.2, 0) is 0 Å². The fourth-order valence-electron chi connectivity index (χ4n) is 1.20. The van der Waals surface area contributed by atoms with Crippen molar-refractivity contribution in [2.75, 3.05) is 5.32 Å². The molecular formula is C13H10Cl2N4. The normalized spacial score (nSPS) is 11.3. The minimum atomic E-state index is 0.588. The van der Waals surface area contributed by atoms with Gasteiger partial charge in [-0.2, -0.15) is 0 Å². The first-order valence-corrected chi connectivity index (χ1v) is 6.18. The standard InChI is InChI=1S/C13H10Cl2N4/c14-10-2-4-12(18-8-10)16-6-1-7-17-13-5-3-11(15)9-19-13/h1-9H,(H,16,18). The molecule has 0 aromatic carbocycles. The number of allylic oxidation sites excluding steroid dienone is 1. The molecule has 0 saturated heterocycles. The van der Waals surface area contributed by atoms with Crippen molar-refractivity contribution in [2.24, 2.45) is 4.99 Å². The van der Waals surface area contributed by atoms with E-state index >= 15 is 0 Å². The highest BCUT2D eigenvalue weighted by Gasteiger charge is 1.90. The topological polar surface area (TPSA) is 50.2 Å². The monoisotopic (exact) mass is 292 g/mol. The summed E-state index contributed by atoms with van der Waals surface area (Å²) in [6.07, 6.45) is 8.21. The highest BCUT2D eigenvalue weighted by molar-refractivity contribution is 6.30. The number of aromatic nitrogens is 2. The Morgan fingerprint density at radius 1 is 1.00 bits per heavy atom. The van der Waals surface area contributed by atoms with E-state index in [-0.39, 0.29) is 0 Å². The first-order valence-electron chi connectivity index (χ1n) is 5.43. The average molecular weight is 293 g/mol. The smallest absolute Gasteiger partial charge is 0.151 e. The zero-order valence-electron chi connectivity index (χ0n) is 9.79. The zero-order valence-corrected chi connectivity index (χ0v) is 11.3. The largest absolute Gasteiger partial charge is 0.347 e. The van der Waals surface area contributed by atoms with Crippen molar-refractivity contribution in [1.29, 1.82) is 0 Å². The number of hydrogen-bond donors (Lipinski definition) is 1. The lowest BCUT2D eigenvalue weighted by atomic mass is 10.4. The Kier molecular flexibility index (Phi) is 4.89. The Morgan fingerprint density at radius 3 is 2.37 bits per heavy atom. The van der Waals surface area contributed by atoms with Gasteiger partial charge < -0.3 is 5.32 Å². The molecule has 0 amide bonds. The van der Waals surface area contributed by atoms with Crippen molar-refractivity contribution in [3.63, 3.8) is 0 Å².